The van der Waals surface area contributed by atoms with Gasteiger partial charge in [0.2, 0.25) is 5.91 Å². The standard InChI is InChI=1S/C20H17N5O/c1-13-4-2-6-17(23-13)20-16(5-3-9-22-20)14-7-8-19-24-15(10-18(21)26)12-25(19)11-14/h2-9,11-12H,10H2,1H3,(H2,21,26). The Morgan fingerprint density at radius 1 is 1.08 bits per heavy atom. The Balaban J connectivity index is 1.82. The summed E-state index contributed by atoms with van der Waals surface area (Å²) >= 11 is 0. The molecule has 6 heteroatoms. The highest BCUT2D eigenvalue weighted by atomic mass is 16.1. The van der Waals surface area contributed by atoms with Gasteiger partial charge in [-0.15, -0.1) is 0 Å². The Labute approximate surface area is 150 Å². The molecule has 0 unspecified atom stereocenters. The first-order chi connectivity index (χ1) is 12.6. The van der Waals surface area contributed by atoms with Crippen LogP contribution in [0.15, 0.2) is 61.1 Å². The van der Waals surface area contributed by atoms with Crippen LogP contribution in [0, 0.1) is 6.92 Å². The Bertz CT molecular complexity index is 1120. The third kappa shape index (κ3) is 3.04. The van der Waals surface area contributed by atoms with Crippen molar-refractivity contribution < 1.29 is 4.79 Å². The van der Waals surface area contributed by atoms with Crippen LogP contribution >= 0.6 is 0 Å². The molecule has 0 atom stereocenters. The van der Waals surface area contributed by atoms with E-state index < -0.39 is 5.91 Å². The normalized spacial score (nSPS) is 11.0. The lowest BCUT2D eigenvalue weighted by atomic mass is 10.0. The third-order valence-electron chi connectivity index (χ3n) is 4.11. The maximum absolute atomic E-state index is 11.1. The van der Waals surface area contributed by atoms with Crippen LogP contribution in [0.2, 0.25) is 0 Å². The molecule has 0 aliphatic carbocycles. The van der Waals surface area contributed by atoms with Gasteiger partial charge in [0.05, 0.1) is 23.5 Å². The van der Waals surface area contributed by atoms with Gasteiger partial charge in [-0.2, -0.15) is 0 Å². The van der Waals surface area contributed by atoms with Crippen LogP contribution in [0.3, 0.4) is 0 Å². The Morgan fingerprint density at radius 3 is 2.77 bits per heavy atom. The van der Waals surface area contributed by atoms with Crippen molar-refractivity contribution in [2.75, 3.05) is 0 Å². The van der Waals surface area contributed by atoms with E-state index in [9.17, 15) is 4.79 Å². The number of fused-ring (bicyclic) bond motifs is 1. The van der Waals surface area contributed by atoms with E-state index >= 15 is 0 Å². The zero-order valence-electron chi connectivity index (χ0n) is 14.3. The summed E-state index contributed by atoms with van der Waals surface area (Å²) < 4.78 is 1.90. The number of nitrogens with two attached hydrogens (primary N) is 1. The van der Waals surface area contributed by atoms with Gasteiger partial charge in [-0.1, -0.05) is 12.1 Å². The van der Waals surface area contributed by atoms with Crippen molar-refractivity contribution in [3.8, 4) is 22.5 Å². The van der Waals surface area contributed by atoms with Crippen LogP contribution in [0.4, 0.5) is 0 Å². The summed E-state index contributed by atoms with van der Waals surface area (Å²) in [6, 6.07) is 13.7. The van der Waals surface area contributed by atoms with E-state index in [2.05, 4.69) is 15.0 Å². The van der Waals surface area contributed by atoms with Gasteiger partial charge >= 0.3 is 0 Å². The summed E-state index contributed by atoms with van der Waals surface area (Å²) in [4.78, 5) is 24.7. The van der Waals surface area contributed by atoms with Crippen LogP contribution in [-0.2, 0) is 11.2 Å². The van der Waals surface area contributed by atoms with Gasteiger partial charge < -0.3 is 10.1 Å². The van der Waals surface area contributed by atoms with Gasteiger partial charge in [-0.25, -0.2) is 4.98 Å². The van der Waals surface area contributed by atoms with E-state index in [0.717, 1.165) is 33.9 Å². The molecule has 0 bridgehead atoms. The predicted octanol–water partition coefficient (Wildman–Crippen LogP) is 2.79. The number of hydrogen-bond acceptors (Lipinski definition) is 4. The molecule has 0 aromatic carbocycles. The molecule has 1 amide bonds. The van der Waals surface area contributed by atoms with Crippen LogP contribution in [0.25, 0.3) is 28.2 Å². The Kier molecular flexibility index (Phi) is 3.93. The monoisotopic (exact) mass is 343 g/mol. The van der Waals surface area contributed by atoms with Gasteiger partial charge in [0.25, 0.3) is 0 Å². The summed E-state index contributed by atoms with van der Waals surface area (Å²) in [6.07, 6.45) is 5.69. The van der Waals surface area contributed by atoms with Gasteiger partial charge in [0, 0.05) is 35.4 Å². The fourth-order valence-corrected chi connectivity index (χ4v) is 2.98. The van der Waals surface area contributed by atoms with E-state index in [1.165, 1.54) is 0 Å². The van der Waals surface area contributed by atoms with E-state index in [-0.39, 0.29) is 6.42 Å². The molecule has 4 aromatic rings. The van der Waals surface area contributed by atoms with Gasteiger partial charge in [-0.3, -0.25) is 14.8 Å². The number of amides is 1. The summed E-state index contributed by atoms with van der Waals surface area (Å²) in [7, 11) is 0. The summed E-state index contributed by atoms with van der Waals surface area (Å²) in [5, 5.41) is 0. The summed E-state index contributed by atoms with van der Waals surface area (Å²) in [6.45, 7) is 1.96. The topological polar surface area (TPSA) is 86.2 Å². The minimum atomic E-state index is -0.395. The largest absolute Gasteiger partial charge is 0.369 e. The lowest BCUT2D eigenvalue weighted by Crippen LogP contribution is -2.13. The number of carbonyl (C=O) groups excluding carboxylic acids is 1. The van der Waals surface area contributed by atoms with E-state index in [1.54, 1.807) is 6.20 Å². The van der Waals surface area contributed by atoms with Crippen molar-refractivity contribution in [1.82, 2.24) is 19.4 Å². The van der Waals surface area contributed by atoms with E-state index in [1.807, 2.05) is 66.2 Å². The smallest absolute Gasteiger partial charge is 0.223 e. The van der Waals surface area contributed by atoms with Gasteiger partial charge in [-0.05, 0) is 37.3 Å². The number of rotatable bonds is 4. The average Bonchev–Trinajstić information content (AvgIpc) is 3.02. The molecule has 0 radical (unpaired) electrons. The second kappa shape index (κ2) is 6.40. The molecule has 128 valence electrons. The Hall–Kier alpha value is -3.54. The number of hydrogen-bond donors (Lipinski definition) is 1. The molecule has 0 aliphatic rings. The molecule has 2 N–H and O–H groups in total. The first-order valence-corrected chi connectivity index (χ1v) is 8.25. The third-order valence-corrected chi connectivity index (χ3v) is 4.11. The molecule has 4 heterocycles. The van der Waals surface area contributed by atoms with Gasteiger partial charge in [0.1, 0.15) is 5.65 Å². The predicted molar refractivity (Wildman–Crippen MR) is 99.3 cm³/mol. The second-order valence-corrected chi connectivity index (χ2v) is 6.12. The summed E-state index contributed by atoms with van der Waals surface area (Å²) in [5.41, 5.74) is 11.3. The van der Waals surface area contributed by atoms with Crippen molar-refractivity contribution in [2.45, 2.75) is 13.3 Å². The molecule has 0 saturated heterocycles. The van der Waals surface area contributed by atoms with Crippen LogP contribution in [0.1, 0.15) is 11.4 Å². The molecule has 6 nitrogen and oxygen atoms in total. The lowest BCUT2D eigenvalue weighted by Gasteiger charge is -2.09. The number of nitrogens with zero attached hydrogens (tertiary/aromatic N) is 4. The molecule has 4 aromatic heterocycles. The van der Waals surface area contributed by atoms with E-state index in [0.29, 0.717) is 5.69 Å². The SMILES string of the molecule is Cc1cccc(-c2ncccc2-c2ccc3nc(CC(N)=O)cn3c2)n1. The average molecular weight is 343 g/mol. The number of carbonyl (C=O) groups is 1. The Morgan fingerprint density at radius 2 is 1.96 bits per heavy atom. The zero-order chi connectivity index (χ0) is 18.1. The number of imidazole rings is 1. The fraction of sp³-hybridized carbons (Fsp3) is 0.100. The minimum Gasteiger partial charge on any atom is -0.369 e. The summed E-state index contributed by atoms with van der Waals surface area (Å²) in [5.74, 6) is -0.395. The molecular weight excluding hydrogens is 326 g/mol. The van der Waals surface area contributed by atoms with Crippen molar-refractivity contribution in [3.05, 3.63) is 72.4 Å². The maximum Gasteiger partial charge on any atom is 0.223 e. The van der Waals surface area contributed by atoms with Crippen molar-refractivity contribution in [3.63, 3.8) is 0 Å². The number of pyridine rings is 3. The van der Waals surface area contributed by atoms with Crippen molar-refractivity contribution in [1.29, 1.82) is 0 Å². The minimum absolute atomic E-state index is 0.127. The fourth-order valence-electron chi connectivity index (χ4n) is 2.98. The quantitative estimate of drug-likeness (QED) is 0.617. The first-order valence-electron chi connectivity index (χ1n) is 8.25. The van der Waals surface area contributed by atoms with Crippen LogP contribution in [-0.4, -0.2) is 25.3 Å². The molecule has 0 fully saturated rings. The molecule has 26 heavy (non-hydrogen) atoms. The number of primary amides is 1. The number of aryl methyl sites for hydroxylation is 1. The molecule has 0 spiro atoms. The number of aromatic nitrogens is 4. The maximum atomic E-state index is 11.1. The van der Waals surface area contributed by atoms with Crippen molar-refractivity contribution in [2.24, 2.45) is 5.73 Å². The first kappa shape index (κ1) is 16.0. The van der Waals surface area contributed by atoms with Gasteiger partial charge in [0.15, 0.2) is 0 Å². The molecule has 0 saturated carbocycles. The highest BCUT2D eigenvalue weighted by Gasteiger charge is 2.12. The van der Waals surface area contributed by atoms with Crippen LogP contribution in [0.5, 0.6) is 0 Å². The second-order valence-electron chi connectivity index (χ2n) is 6.12. The highest BCUT2D eigenvalue weighted by Crippen LogP contribution is 2.29. The van der Waals surface area contributed by atoms with E-state index in [4.69, 9.17) is 5.73 Å². The highest BCUT2D eigenvalue weighted by molar-refractivity contribution is 5.79. The molecule has 4 rings (SSSR count). The zero-order valence-corrected chi connectivity index (χ0v) is 14.3. The lowest BCUT2D eigenvalue weighted by molar-refractivity contribution is -0.117. The van der Waals surface area contributed by atoms with Crippen LogP contribution < -0.4 is 5.73 Å². The van der Waals surface area contributed by atoms with Crippen molar-refractivity contribution >= 4 is 11.6 Å². The molecular formula is C20H17N5O. The molecule has 0 aliphatic heterocycles.